The van der Waals surface area contributed by atoms with Gasteiger partial charge in [-0.15, -0.1) is 11.3 Å². The Balaban J connectivity index is 0.938. The van der Waals surface area contributed by atoms with Crippen molar-refractivity contribution in [3.8, 4) is 44.5 Å². The van der Waals surface area contributed by atoms with Gasteiger partial charge in [-0.2, -0.15) is 0 Å². The third-order valence-electron chi connectivity index (χ3n) is 12.1. The molecule has 3 heteroatoms. The van der Waals surface area contributed by atoms with Gasteiger partial charge in [-0.3, -0.25) is 0 Å². The molecule has 0 atom stereocenters. The number of anilines is 3. The molecule has 0 unspecified atom stereocenters. The van der Waals surface area contributed by atoms with Gasteiger partial charge in [0.2, 0.25) is 0 Å². The van der Waals surface area contributed by atoms with Gasteiger partial charge in [0.05, 0.1) is 0 Å². The van der Waals surface area contributed by atoms with Crippen molar-refractivity contribution in [2.45, 2.75) is 0 Å². The molecule has 0 bridgehead atoms. The van der Waals surface area contributed by atoms with Crippen LogP contribution in [0.25, 0.3) is 97.4 Å². The molecule has 0 aliphatic carbocycles. The number of fused-ring (bicyclic) bond motifs is 7. The first-order chi connectivity index (χ1) is 30.2. The third kappa shape index (κ3) is 6.26. The van der Waals surface area contributed by atoms with Crippen LogP contribution in [-0.2, 0) is 0 Å². The Morgan fingerprint density at radius 1 is 0.295 bits per heavy atom. The maximum absolute atomic E-state index is 6.18. The molecule has 286 valence electrons. The van der Waals surface area contributed by atoms with Gasteiger partial charge in [-0.05, 0) is 122 Å². The van der Waals surface area contributed by atoms with Gasteiger partial charge in [0.25, 0.3) is 0 Å². The summed E-state index contributed by atoms with van der Waals surface area (Å²) in [7, 11) is 0. The van der Waals surface area contributed by atoms with Crippen LogP contribution in [0.4, 0.5) is 17.1 Å². The number of hydrogen-bond acceptors (Lipinski definition) is 3. The lowest BCUT2D eigenvalue weighted by atomic mass is 9.96. The third-order valence-corrected chi connectivity index (χ3v) is 13.2. The monoisotopic (exact) mass is 795 g/mol. The summed E-state index contributed by atoms with van der Waals surface area (Å²) in [5, 5.41) is 7.41. The second kappa shape index (κ2) is 14.5. The Hall–Kier alpha value is -7.72. The molecule has 0 saturated heterocycles. The molecule has 0 amide bonds. The number of benzene rings is 10. The van der Waals surface area contributed by atoms with Crippen molar-refractivity contribution in [2.24, 2.45) is 0 Å². The molecule has 0 N–H and O–H groups in total. The summed E-state index contributed by atoms with van der Waals surface area (Å²) < 4.78 is 8.80. The number of nitrogens with zero attached hydrogens (tertiary/aromatic N) is 1. The fourth-order valence-electron chi connectivity index (χ4n) is 9.03. The zero-order chi connectivity index (χ0) is 40.3. The van der Waals surface area contributed by atoms with Crippen molar-refractivity contribution in [3.63, 3.8) is 0 Å². The second-order valence-corrected chi connectivity index (χ2v) is 16.8. The number of rotatable bonds is 7. The van der Waals surface area contributed by atoms with Gasteiger partial charge in [0.15, 0.2) is 0 Å². The van der Waals surface area contributed by atoms with E-state index in [4.69, 9.17) is 4.42 Å². The summed E-state index contributed by atoms with van der Waals surface area (Å²) in [5.74, 6) is 0. The zero-order valence-electron chi connectivity index (χ0n) is 33.1. The van der Waals surface area contributed by atoms with E-state index in [1.165, 1.54) is 64.3 Å². The molecular weight excluding hydrogens is 759 g/mol. The van der Waals surface area contributed by atoms with E-state index in [0.29, 0.717) is 0 Å². The lowest BCUT2D eigenvalue weighted by Crippen LogP contribution is -2.10. The highest BCUT2D eigenvalue weighted by Crippen LogP contribution is 2.42. The Bertz CT molecular complexity index is 3590. The summed E-state index contributed by atoms with van der Waals surface area (Å²) in [6.45, 7) is 0. The first-order valence-corrected chi connectivity index (χ1v) is 21.5. The predicted molar refractivity (Wildman–Crippen MR) is 261 cm³/mol. The maximum Gasteiger partial charge on any atom is 0.135 e. The molecule has 10 aromatic carbocycles. The van der Waals surface area contributed by atoms with Gasteiger partial charge in [-0.25, -0.2) is 0 Å². The summed E-state index contributed by atoms with van der Waals surface area (Å²) in [5.41, 5.74) is 14.6. The quantitative estimate of drug-likeness (QED) is 0.160. The lowest BCUT2D eigenvalue weighted by molar-refractivity contribution is 0.669. The molecule has 2 heterocycles. The molecule has 12 aromatic rings. The molecule has 0 saturated carbocycles. The van der Waals surface area contributed by atoms with Crippen LogP contribution in [-0.4, -0.2) is 0 Å². The summed E-state index contributed by atoms with van der Waals surface area (Å²) in [6, 6.07) is 81.3. The van der Waals surface area contributed by atoms with Gasteiger partial charge < -0.3 is 9.32 Å². The van der Waals surface area contributed by atoms with E-state index < -0.39 is 0 Å². The van der Waals surface area contributed by atoms with Crippen LogP contribution in [0.1, 0.15) is 0 Å². The molecule has 0 spiro atoms. The number of thiophene rings is 1. The topological polar surface area (TPSA) is 16.4 Å². The predicted octanol–water partition coefficient (Wildman–Crippen LogP) is 17.2. The van der Waals surface area contributed by atoms with Crippen molar-refractivity contribution >= 4 is 81.3 Å². The van der Waals surface area contributed by atoms with Crippen LogP contribution in [0.2, 0.25) is 0 Å². The van der Waals surface area contributed by atoms with Crippen LogP contribution >= 0.6 is 11.3 Å². The van der Waals surface area contributed by atoms with Crippen LogP contribution in [0.5, 0.6) is 0 Å². The summed E-state index contributed by atoms with van der Waals surface area (Å²) in [4.78, 5) is 2.38. The molecule has 0 aliphatic heterocycles. The molecule has 2 aromatic heterocycles. The fourth-order valence-corrected chi connectivity index (χ4v) is 10.2. The van der Waals surface area contributed by atoms with E-state index in [1.807, 2.05) is 23.5 Å². The number of hydrogen-bond donors (Lipinski definition) is 0. The van der Waals surface area contributed by atoms with Crippen molar-refractivity contribution < 1.29 is 4.42 Å². The molecule has 0 fully saturated rings. The van der Waals surface area contributed by atoms with Crippen molar-refractivity contribution in [2.75, 3.05) is 4.90 Å². The van der Waals surface area contributed by atoms with Gasteiger partial charge in [0, 0.05) is 48.0 Å². The van der Waals surface area contributed by atoms with E-state index in [9.17, 15) is 0 Å². The minimum Gasteiger partial charge on any atom is -0.456 e. The Morgan fingerprint density at radius 2 is 0.836 bits per heavy atom. The molecule has 12 rings (SSSR count). The normalized spacial score (nSPS) is 11.6. The van der Waals surface area contributed by atoms with Crippen molar-refractivity contribution in [1.29, 1.82) is 0 Å². The minimum absolute atomic E-state index is 0.900. The minimum atomic E-state index is 0.900. The van der Waals surface area contributed by atoms with E-state index >= 15 is 0 Å². The van der Waals surface area contributed by atoms with Crippen LogP contribution < -0.4 is 4.90 Å². The highest BCUT2D eigenvalue weighted by atomic mass is 32.1. The molecule has 0 aliphatic rings. The van der Waals surface area contributed by atoms with Crippen molar-refractivity contribution in [3.05, 3.63) is 224 Å². The average Bonchev–Trinajstić information content (AvgIpc) is 3.90. The highest BCUT2D eigenvalue weighted by molar-refractivity contribution is 7.25. The lowest BCUT2D eigenvalue weighted by Gasteiger charge is -2.27. The Morgan fingerprint density at radius 3 is 1.62 bits per heavy atom. The average molecular weight is 796 g/mol. The molecular formula is C58H37NOS. The Kier molecular flexibility index (Phi) is 8.39. The van der Waals surface area contributed by atoms with Crippen LogP contribution in [0, 0.1) is 0 Å². The number of furan rings is 1. The molecule has 0 radical (unpaired) electrons. The smallest absolute Gasteiger partial charge is 0.135 e. The van der Waals surface area contributed by atoms with Crippen molar-refractivity contribution in [1.82, 2.24) is 0 Å². The molecule has 2 nitrogen and oxygen atoms in total. The van der Waals surface area contributed by atoms with Gasteiger partial charge >= 0.3 is 0 Å². The fraction of sp³-hybridized carbons (Fsp3) is 0. The van der Waals surface area contributed by atoms with E-state index in [0.717, 1.165) is 50.1 Å². The molecule has 61 heavy (non-hydrogen) atoms. The maximum atomic E-state index is 6.18. The van der Waals surface area contributed by atoms with Gasteiger partial charge in [-0.1, -0.05) is 158 Å². The highest BCUT2D eigenvalue weighted by Gasteiger charge is 2.17. The van der Waals surface area contributed by atoms with Gasteiger partial charge in [0.1, 0.15) is 11.2 Å². The van der Waals surface area contributed by atoms with Crippen LogP contribution in [0.15, 0.2) is 229 Å². The van der Waals surface area contributed by atoms with Crippen LogP contribution in [0.3, 0.4) is 0 Å². The van der Waals surface area contributed by atoms with E-state index in [-0.39, 0.29) is 0 Å². The largest absolute Gasteiger partial charge is 0.456 e. The first kappa shape index (κ1) is 35.2. The standard InChI is InChI=1S/C58H37NOS/c1-2-16-49-40(10-1)11-9-19-50(49)41-24-22-38(23-25-41)39-26-30-46(31-27-39)59(47-14-7-12-42(34-47)44-29-33-56-54(36-44)51-17-3-5-20-55(51)60-56)48-15-8-13-43(35-48)45-28-32-53-52-18-4-6-21-57(52)61-58(53)37-45/h1-37H. The zero-order valence-corrected chi connectivity index (χ0v) is 33.9. The van der Waals surface area contributed by atoms with E-state index in [2.05, 4.69) is 217 Å². The van der Waals surface area contributed by atoms with E-state index in [1.54, 1.807) is 0 Å². The first-order valence-electron chi connectivity index (χ1n) is 20.7. The SMILES string of the molecule is c1cc(-c2ccc3c(c2)sc2ccccc23)cc(N(c2ccc(-c3ccc(-c4cccc5ccccc45)cc3)cc2)c2cccc(-c3ccc4oc5ccccc5c4c3)c2)c1. The Labute approximate surface area is 357 Å². The summed E-state index contributed by atoms with van der Waals surface area (Å²) >= 11 is 1.86. The second-order valence-electron chi connectivity index (χ2n) is 15.7. The summed E-state index contributed by atoms with van der Waals surface area (Å²) in [6.07, 6.45) is 0. The number of para-hydroxylation sites is 1.